The summed E-state index contributed by atoms with van der Waals surface area (Å²) in [5.74, 6) is 1.54. The number of carbonyl (C=O) groups is 1. The van der Waals surface area contributed by atoms with Crippen LogP contribution in [-0.2, 0) is 6.54 Å². The first-order valence-electron chi connectivity index (χ1n) is 6.75. The quantitative estimate of drug-likeness (QED) is 0.839. The third-order valence-corrected chi connectivity index (χ3v) is 3.47. The standard InChI is InChI=1S/C16H17NO3/c1-19-14-5-2-4-12(10-14)16(18)17(13-7-8-13)11-15-6-3-9-20-15/h2-6,9-10,13H,7-8,11H2,1H3. The lowest BCUT2D eigenvalue weighted by molar-refractivity contribution is 0.0717. The molecule has 1 amide bonds. The van der Waals surface area contributed by atoms with E-state index in [1.165, 1.54) is 0 Å². The Hall–Kier alpha value is -2.23. The minimum absolute atomic E-state index is 0.0304. The molecule has 0 radical (unpaired) electrons. The van der Waals surface area contributed by atoms with Gasteiger partial charge >= 0.3 is 0 Å². The number of rotatable bonds is 5. The van der Waals surface area contributed by atoms with E-state index in [0.717, 1.165) is 18.6 Å². The molecule has 1 saturated carbocycles. The van der Waals surface area contributed by atoms with Gasteiger partial charge in [-0.25, -0.2) is 0 Å². The third kappa shape index (κ3) is 2.69. The maximum absolute atomic E-state index is 12.6. The Bertz CT molecular complexity index is 588. The van der Waals surface area contributed by atoms with Gasteiger partial charge in [-0.2, -0.15) is 0 Å². The van der Waals surface area contributed by atoms with Crippen LogP contribution in [0.4, 0.5) is 0 Å². The van der Waals surface area contributed by atoms with Crippen molar-refractivity contribution in [2.75, 3.05) is 7.11 Å². The number of hydrogen-bond donors (Lipinski definition) is 0. The molecule has 0 spiro atoms. The fraction of sp³-hybridized carbons (Fsp3) is 0.312. The Balaban J connectivity index is 1.81. The molecule has 1 aromatic heterocycles. The number of methoxy groups -OCH3 is 1. The fourth-order valence-electron chi connectivity index (χ4n) is 2.25. The highest BCUT2D eigenvalue weighted by molar-refractivity contribution is 5.95. The number of nitrogens with zero attached hydrogens (tertiary/aromatic N) is 1. The van der Waals surface area contributed by atoms with Crippen LogP contribution in [-0.4, -0.2) is 24.0 Å². The van der Waals surface area contributed by atoms with Gasteiger partial charge in [0.2, 0.25) is 0 Å². The highest BCUT2D eigenvalue weighted by Crippen LogP contribution is 2.30. The predicted octanol–water partition coefficient (Wildman–Crippen LogP) is 3.09. The monoisotopic (exact) mass is 271 g/mol. The number of hydrogen-bond acceptors (Lipinski definition) is 3. The van der Waals surface area contributed by atoms with Crippen LogP contribution < -0.4 is 4.74 Å². The van der Waals surface area contributed by atoms with E-state index in [2.05, 4.69) is 0 Å². The average molecular weight is 271 g/mol. The number of amides is 1. The third-order valence-electron chi connectivity index (χ3n) is 3.47. The van der Waals surface area contributed by atoms with E-state index in [1.54, 1.807) is 19.4 Å². The first-order chi connectivity index (χ1) is 9.78. The summed E-state index contributed by atoms with van der Waals surface area (Å²) in [7, 11) is 1.60. The molecular formula is C16H17NO3. The number of ether oxygens (including phenoxy) is 1. The molecule has 4 heteroatoms. The van der Waals surface area contributed by atoms with Gasteiger partial charge in [-0.3, -0.25) is 4.79 Å². The lowest BCUT2D eigenvalue weighted by atomic mass is 10.2. The molecule has 0 unspecified atom stereocenters. The molecule has 104 valence electrons. The zero-order valence-electron chi connectivity index (χ0n) is 11.4. The SMILES string of the molecule is COc1cccc(C(=O)N(Cc2ccco2)C2CC2)c1. The molecule has 0 atom stereocenters. The zero-order chi connectivity index (χ0) is 13.9. The summed E-state index contributed by atoms with van der Waals surface area (Å²) in [6, 6.07) is 11.3. The van der Waals surface area contributed by atoms with Crippen molar-refractivity contribution >= 4 is 5.91 Å². The lowest BCUT2D eigenvalue weighted by Gasteiger charge is -2.21. The van der Waals surface area contributed by atoms with E-state index < -0.39 is 0 Å². The van der Waals surface area contributed by atoms with E-state index in [-0.39, 0.29) is 5.91 Å². The summed E-state index contributed by atoms with van der Waals surface area (Å²) in [6.45, 7) is 0.522. The van der Waals surface area contributed by atoms with Gasteiger partial charge < -0.3 is 14.1 Å². The highest BCUT2D eigenvalue weighted by atomic mass is 16.5. The van der Waals surface area contributed by atoms with Crippen molar-refractivity contribution in [1.29, 1.82) is 0 Å². The number of carbonyl (C=O) groups excluding carboxylic acids is 1. The molecule has 0 saturated heterocycles. The van der Waals surface area contributed by atoms with Crippen molar-refractivity contribution in [3.63, 3.8) is 0 Å². The lowest BCUT2D eigenvalue weighted by Crippen LogP contribution is -2.32. The second kappa shape index (κ2) is 5.41. The van der Waals surface area contributed by atoms with E-state index in [4.69, 9.17) is 9.15 Å². The van der Waals surface area contributed by atoms with Crippen molar-refractivity contribution in [3.8, 4) is 5.75 Å². The highest BCUT2D eigenvalue weighted by Gasteiger charge is 2.33. The molecule has 0 N–H and O–H groups in total. The molecule has 1 fully saturated rings. The van der Waals surface area contributed by atoms with Gasteiger partial charge in [0.15, 0.2) is 0 Å². The van der Waals surface area contributed by atoms with Gasteiger partial charge in [-0.1, -0.05) is 6.07 Å². The van der Waals surface area contributed by atoms with E-state index >= 15 is 0 Å². The average Bonchev–Trinajstić information content (AvgIpc) is 3.20. The Labute approximate surface area is 118 Å². The van der Waals surface area contributed by atoms with Crippen molar-refractivity contribution in [2.45, 2.75) is 25.4 Å². The summed E-state index contributed by atoms with van der Waals surface area (Å²) >= 11 is 0. The Morgan fingerprint density at radius 2 is 2.20 bits per heavy atom. The van der Waals surface area contributed by atoms with Crippen LogP contribution in [0.1, 0.15) is 29.0 Å². The molecular weight excluding hydrogens is 254 g/mol. The van der Waals surface area contributed by atoms with Crippen LogP contribution in [0.25, 0.3) is 0 Å². The fourth-order valence-corrected chi connectivity index (χ4v) is 2.25. The summed E-state index contributed by atoms with van der Waals surface area (Å²) in [5.41, 5.74) is 0.655. The van der Waals surface area contributed by atoms with Crippen LogP contribution in [0, 0.1) is 0 Å². The molecule has 2 aromatic rings. The normalized spacial score (nSPS) is 14.1. The van der Waals surface area contributed by atoms with Crippen molar-refractivity contribution in [2.24, 2.45) is 0 Å². The first-order valence-corrected chi connectivity index (χ1v) is 6.75. The van der Waals surface area contributed by atoms with Gasteiger partial charge in [0.05, 0.1) is 19.9 Å². The van der Waals surface area contributed by atoms with Crippen molar-refractivity contribution < 1.29 is 13.9 Å². The zero-order valence-corrected chi connectivity index (χ0v) is 11.4. The molecule has 20 heavy (non-hydrogen) atoms. The van der Waals surface area contributed by atoms with E-state index in [1.807, 2.05) is 35.2 Å². The van der Waals surface area contributed by atoms with Crippen LogP contribution in [0.3, 0.4) is 0 Å². The first kappa shape index (κ1) is 12.8. The molecule has 1 heterocycles. The van der Waals surface area contributed by atoms with E-state index in [9.17, 15) is 4.79 Å². The minimum Gasteiger partial charge on any atom is -0.497 e. The Kier molecular flexibility index (Phi) is 3.46. The molecule has 1 aliphatic carbocycles. The Morgan fingerprint density at radius 1 is 1.35 bits per heavy atom. The van der Waals surface area contributed by atoms with Crippen LogP contribution >= 0.6 is 0 Å². The maximum Gasteiger partial charge on any atom is 0.254 e. The predicted molar refractivity (Wildman–Crippen MR) is 74.6 cm³/mol. The molecule has 0 bridgehead atoms. The van der Waals surface area contributed by atoms with E-state index in [0.29, 0.717) is 23.9 Å². The number of furan rings is 1. The van der Waals surface area contributed by atoms with Gasteiger partial charge in [-0.15, -0.1) is 0 Å². The molecule has 3 rings (SSSR count). The molecule has 1 aromatic carbocycles. The van der Waals surface area contributed by atoms with Crippen LogP contribution in [0.5, 0.6) is 5.75 Å². The van der Waals surface area contributed by atoms with Crippen molar-refractivity contribution in [3.05, 3.63) is 54.0 Å². The molecule has 4 nitrogen and oxygen atoms in total. The summed E-state index contributed by atoms with van der Waals surface area (Å²) < 4.78 is 10.5. The smallest absolute Gasteiger partial charge is 0.254 e. The summed E-state index contributed by atoms with van der Waals surface area (Å²) in [4.78, 5) is 14.5. The second-order valence-electron chi connectivity index (χ2n) is 4.98. The second-order valence-corrected chi connectivity index (χ2v) is 4.98. The number of benzene rings is 1. The van der Waals surface area contributed by atoms with Crippen LogP contribution in [0.15, 0.2) is 47.1 Å². The van der Waals surface area contributed by atoms with Gasteiger partial charge in [-0.05, 0) is 43.2 Å². The maximum atomic E-state index is 12.6. The summed E-state index contributed by atoms with van der Waals surface area (Å²) in [6.07, 6.45) is 3.77. The summed E-state index contributed by atoms with van der Waals surface area (Å²) in [5, 5.41) is 0. The van der Waals surface area contributed by atoms with Gasteiger partial charge in [0.1, 0.15) is 11.5 Å². The van der Waals surface area contributed by atoms with Gasteiger partial charge in [0.25, 0.3) is 5.91 Å². The Morgan fingerprint density at radius 3 is 2.85 bits per heavy atom. The van der Waals surface area contributed by atoms with Crippen LogP contribution in [0.2, 0.25) is 0 Å². The van der Waals surface area contributed by atoms with Gasteiger partial charge in [0, 0.05) is 11.6 Å². The minimum atomic E-state index is 0.0304. The molecule has 1 aliphatic rings. The van der Waals surface area contributed by atoms with Crippen molar-refractivity contribution in [1.82, 2.24) is 4.90 Å². The largest absolute Gasteiger partial charge is 0.497 e. The topological polar surface area (TPSA) is 42.7 Å². The molecule has 0 aliphatic heterocycles.